The molecule has 108 valence electrons. The van der Waals surface area contributed by atoms with Crippen LogP contribution in [0, 0.1) is 22.0 Å². The fourth-order valence-corrected chi connectivity index (χ4v) is 3.67. The molecule has 7 heteroatoms. The number of fused-ring (bicyclic) bond motifs is 1. The molecule has 0 bridgehead atoms. The zero-order valence-electron chi connectivity index (χ0n) is 11.0. The van der Waals surface area contributed by atoms with Gasteiger partial charge < -0.3 is 10.6 Å². The molecule has 1 aromatic heterocycles. The summed E-state index contributed by atoms with van der Waals surface area (Å²) in [6.45, 7) is 1.81. The molecule has 2 fully saturated rings. The molecular formula is C13H17ClN4O2. The number of nitro groups is 1. The molecule has 1 unspecified atom stereocenters. The normalized spacial score (nSPS) is 29.3. The number of anilines is 1. The molecule has 0 spiro atoms. The molecule has 1 aromatic rings. The van der Waals surface area contributed by atoms with Crippen molar-refractivity contribution in [2.75, 3.05) is 18.0 Å². The average Bonchev–Trinajstić information content (AvgIpc) is 2.80. The van der Waals surface area contributed by atoms with Gasteiger partial charge in [-0.2, -0.15) is 0 Å². The van der Waals surface area contributed by atoms with Crippen LogP contribution in [0.1, 0.15) is 19.3 Å². The summed E-state index contributed by atoms with van der Waals surface area (Å²) in [6.07, 6.45) is 4.55. The van der Waals surface area contributed by atoms with Gasteiger partial charge in [0.25, 0.3) is 5.69 Å². The van der Waals surface area contributed by atoms with Gasteiger partial charge >= 0.3 is 0 Å². The average molecular weight is 297 g/mol. The maximum absolute atomic E-state index is 10.7. The summed E-state index contributed by atoms with van der Waals surface area (Å²) in [7, 11) is 0. The van der Waals surface area contributed by atoms with Gasteiger partial charge in [-0.15, -0.1) is 0 Å². The van der Waals surface area contributed by atoms with Gasteiger partial charge in [-0.05, 0) is 31.1 Å². The summed E-state index contributed by atoms with van der Waals surface area (Å²) in [5.74, 6) is 1.88. The highest BCUT2D eigenvalue weighted by atomic mass is 35.5. The van der Waals surface area contributed by atoms with Crippen molar-refractivity contribution in [1.82, 2.24) is 4.98 Å². The molecule has 3 rings (SSSR count). The Bertz CT molecular complexity index is 539. The Labute approximate surface area is 122 Å². The summed E-state index contributed by atoms with van der Waals surface area (Å²) >= 11 is 6.15. The minimum atomic E-state index is -0.481. The Kier molecular flexibility index (Phi) is 3.52. The monoisotopic (exact) mass is 296 g/mol. The molecule has 1 saturated carbocycles. The van der Waals surface area contributed by atoms with E-state index in [0.717, 1.165) is 32.4 Å². The molecule has 0 amide bonds. The highest BCUT2D eigenvalue weighted by Gasteiger charge is 2.37. The van der Waals surface area contributed by atoms with Crippen molar-refractivity contribution in [2.24, 2.45) is 17.6 Å². The molecular weight excluding hydrogens is 280 g/mol. The minimum absolute atomic E-state index is 0.0719. The summed E-state index contributed by atoms with van der Waals surface area (Å²) in [5, 5.41) is 11.1. The maximum Gasteiger partial charge on any atom is 0.289 e. The number of hydrogen-bond acceptors (Lipinski definition) is 5. The van der Waals surface area contributed by atoms with E-state index in [1.165, 1.54) is 12.3 Å². The van der Waals surface area contributed by atoms with Crippen LogP contribution in [-0.2, 0) is 0 Å². The predicted octanol–water partition coefficient (Wildman–Crippen LogP) is 2.21. The number of rotatable bonds is 2. The zero-order valence-corrected chi connectivity index (χ0v) is 11.8. The first-order valence-electron chi connectivity index (χ1n) is 6.85. The van der Waals surface area contributed by atoms with E-state index >= 15 is 0 Å². The highest BCUT2D eigenvalue weighted by molar-refractivity contribution is 6.33. The third-order valence-electron chi connectivity index (χ3n) is 4.41. The second-order valence-electron chi connectivity index (χ2n) is 5.75. The maximum atomic E-state index is 10.7. The predicted molar refractivity (Wildman–Crippen MR) is 76.9 cm³/mol. The van der Waals surface area contributed by atoms with Crippen LogP contribution in [0.2, 0.25) is 5.02 Å². The minimum Gasteiger partial charge on any atom is -0.355 e. The molecule has 1 aliphatic carbocycles. The third kappa shape index (κ3) is 2.45. The highest BCUT2D eigenvalue weighted by Crippen LogP contribution is 2.39. The van der Waals surface area contributed by atoms with Gasteiger partial charge in [0, 0.05) is 25.2 Å². The van der Waals surface area contributed by atoms with Crippen LogP contribution in [0.15, 0.2) is 12.3 Å². The lowest BCUT2D eigenvalue weighted by Crippen LogP contribution is -2.32. The van der Waals surface area contributed by atoms with Crippen molar-refractivity contribution in [2.45, 2.75) is 25.3 Å². The fourth-order valence-electron chi connectivity index (χ4n) is 3.39. The Morgan fingerprint density at radius 2 is 2.15 bits per heavy atom. The second-order valence-corrected chi connectivity index (χ2v) is 6.16. The first-order valence-corrected chi connectivity index (χ1v) is 7.23. The fraction of sp³-hybridized carbons (Fsp3) is 0.615. The Balaban J connectivity index is 1.79. The quantitative estimate of drug-likeness (QED) is 0.668. The Morgan fingerprint density at radius 1 is 1.40 bits per heavy atom. The van der Waals surface area contributed by atoms with Gasteiger partial charge in [-0.25, -0.2) is 4.98 Å². The van der Waals surface area contributed by atoms with E-state index in [2.05, 4.69) is 9.88 Å². The van der Waals surface area contributed by atoms with Gasteiger partial charge in [0.05, 0.1) is 9.95 Å². The molecule has 2 heterocycles. The van der Waals surface area contributed by atoms with Gasteiger partial charge in [-0.3, -0.25) is 10.1 Å². The SMILES string of the molecule is NC1CC[C@@H]2CN(c3ncc([N+](=O)[O-])cc3Cl)C[C@@H]2C1. The second kappa shape index (κ2) is 5.18. The molecule has 1 aliphatic heterocycles. The zero-order chi connectivity index (χ0) is 14.3. The lowest BCUT2D eigenvalue weighted by Gasteiger charge is -2.27. The van der Waals surface area contributed by atoms with E-state index in [0.29, 0.717) is 28.7 Å². The molecule has 0 radical (unpaired) electrons. The van der Waals surface area contributed by atoms with Crippen molar-refractivity contribution in [3.05, 3.63) is 27.4 Å². The van der Waals surface area contributed by atoms with Crippen molar-refractivity contribution in [3.8, 4) is 0 Å². The number of nitrogens with two attached hydrogens (primary N) is 1. The molecule has 2 N–H and O–H groups in total. The van der Waals surface area contributed by atoms with E-state index in [1.54, 1.807) is 0 Å². The van der Waals surface area contributed by atoms with Crippen LogP contribution in [-0.4, -0.2) is 29.0 Å². The molecule has 1 saturated heterocycles. The smallest absolute Gasteiger partial charge is 0.289 e. The largest absolute Gasteiger partial charge is 0.355 e. The summed E-state index contributed by atoms with van der Waals surface area (Å²) < 4.78 is 0. The lowest BCUT2D eigenvalue weighted by atomic mass is 9.79. The number of halogens is 1. The van der Waals surface area contributed by atoms with E-state index in [4.69, 9.17) is 17.3 Å². The molecule has 6 nitrogen and oxygen atoms in total. The topological polar surface area (TPSA) is 85.3 Å². The van der Waals surface area contributed by atoms with Crippen LogP contribution in [0.4, 0.5) is 11.5 Å². The molecule has 0 aromatic carbocycles. The molecule has 2 aliphatic rings. The summed E-state index contributed by atoms with van der Waals surface area (Å²) in [4.78, 5) is 16.5. The van der Waals surface area contributed by atoms with Gasteiger partial charge in [0.15, 0.2) is 0 Å². The van der Waals surface area contributed by atoms with Crippen molar-refractivity contribution >= 4 is 23.1 Å². The van der Waals surface area contributed by atoms with Crippen LogP contribution >= 0.6 is 11.6 Å². The number of hydrogen-bond donors (Lipinski definition) is 1. The molecule has 3 atom stereocenters. The van der Waals surface area contributed by atoms with Crippen LogP contribution in [0.5, 0.6) is 0 Å². The lowest BCUT2D eigenvalue weighted by molar-refractivity contribution is -0.385. The number of pyridine rings is 1. The molecule has 20 heavy (non-hydrogen) atoms. The number of aromatic nitrogens is 1. The first-order chi connectivity index (χ1) is 9.54. The van der Waals surface area contributed by atoms with Gasteiger partial charge in [-0.1, -0.05) is 11.6 Å². The van der Waals surface area contributed by atoms with E-state index in [-0.39, 0.29) is 5.69 Å². The summed E-state index contributed by atoms with van der Waals surface area (Å²) in [5.41, 5.74) is 5.95. The van der Waals surface area contributed by atoms with Crippen LogP contribution in [0.25, 0.3) is 0 Å². The van der Waals surface area contributed by atoms with Crippen molar-refractivity contribution in [1.29, 1.82) is 0 Å². The van der Waals surface area contributed by atoms with Gasteiger partial charge in [0.2, 0.25) is 0 Å². The van der Waals surface area contributed by atoms with E-state index in [9.17, 15) is 10.1 Å². The first kappa shape index (κ1) is 13.6. The van der Waals surface area contributed by atoms with Gasteiger partial charge in [0.1, 0.15) is 12.0 Å². The van der Waals surface area contributed by atoms with Crippen LogP contribution in [0.3, 0.4) is 0 Å². The summed E-state index contributed by atoms with van der Waals surface area (Å²) in [6, 6.07) is 1.67. The third-order valence-corrected chi connectivity index (χ3v) is 4.69. The standard InChI is InChI=1S/C13H17ClN4O2/c14-12-4-11(18(19)20)5-16-13(12)17-6-8-1-2-10(15)3-9(8)7-17/h4-5,8-10H,1-3,6-7,15H2/t8-,9+,10?/m1/s1. The van der Waals surface area contributed by atoms with Crippen LogP contribution < -0.4 is 10.6 Å². The Morgan fingerprint density at radius 3 is 2.85 bits per heavy atom. The Hall–Kier alpha value is -1.40. The van der Waals surface area contributed by atoms with E-state index < -0.39 is 4.92 Å². The number of nitrogens with zero attached hydrogens (tertiary/aromatic N) is 3. The van der Waals surface area contributed by atoms with Crippen molar-refractivity contribution in [3.63, 3.8) is 0 Å². The van der Waals surface area contributed by atoms with Crippen molar-refractivity contribution < 1.29 is 4.92 Å². The van der Waals surface area contributed by atoms with E-state index in [1.807, 2.05) is 0 Å².